The van der Waals surface area contributed by atoms with E-state index < -0.39 is 5.60 Å². The van der Waals surface area contributed by atoms with Crippen molar-refractivity contribution in [3.8, 4) is 0 Å². The molecule has 1 heterocycles. The van der Waals surface area contributed by atoms with Crippen LogP contribution in [-0.4, -0.2) is 20.5 Å². The van der Waals surface area contributed by atoms with Gasteiger partial charge in [-0.2, -0.15) is 5.10 Å². The van der Waals surface area contributed by atoms with E-state index in [1.54, 1.807) is 10.9 Å². The monoisotopic (exact) mass is 197 g/mol. The molecule has 0 spiro atoms. The van der Waals surface area contributed by atoms with Crippen molar-refractivity contribution < 1.29 is 5.11 Å². The standard InChI is InChI=1S/C10H19N3O/c1-4-10(14,5-2)9(11)8-6-12-13(3)7-8/h6-7,9,14H,4-5,11H2,1-3H3. The molecule has 0 saturated heterocycles. The molecule has 0 aromatic carbocycles. The van der Waals surface area contributed by atoms with Gasteiger partial charge in [0.15, 0.2) is 0 Å². The second kappa shape index (κ2) is 4.11. The molecule has 1 unspecified atom stereocenters. The molecule has 1 atom stereocenters. The summed E-state index contributed by atoms with van der Waals surface area (Å²) in [7, 11) is 1.84. The highest BCUT2D eigenvalue weighted by Gasteiger charge is 2.32. The van der Waals surface area contributed by atoms with Gasteiger partial charge < -0.3 is 10.8 Å². The minimum Gasteiger partial charge on any atom is -0.388 e. The van der Waals surface area contributed by atoms with Crippen molar-refractivity contribution in [2.45, 2.75) is 38.3 Å². The minimum atomic E-state index is -0.816. The van der Waals surface area contributed by atoms with Crippen LogP contribution in [0.4, 0.5) is 0 Å². The molecular weight excluding hydrogens is 178 g/mol. The molecule has 0 amide bonds. The smallest absolute Gasteiger partial charge is 0.0835 e. The van der Waals surface area contributed by atoms with E-state index in [1.165, 1.54) is 0 Å². The van der Waals surface area contributed by atoms with Crippen LogP contribution in [0.5, 0.6) is 0 Å². The quantitative estimate of drug-likeness (QED) is 0.756. The number of aryl methyl sites for hydroxylation is 1. The average molecular weight is 197 g/mol. The van der Waals surface area contributed by atoms with Crippen LogP contribution in [0.25, 0.3) is 0 Å². The third-order valence-corrected chi connectivity index (χ3v) is 2.89. The van der Waals surface area contributed by atoms with Crippen LogP contribution in [0.1, 0.15) is 38.3 Å². The van der Waals surface area contributed by atoms with Crippen molar-refractivity contribution in [1.82, 2.24) is 9.78 Å². The zero-order chi connectivity index (χ0) is 10.8. The molecule has 0 fully saturated rings. The third kappa shape index (κ3) is 1.96. The molecular formula is C10H19N3O. The highest BCUT2D eigenvalue weighted by molar-refractivity contribution is 5.14. The highest BCUT2D eigenvalue weighted by Crippen LogP contribution is 2.29. The lowest BCUT2D eigenvalue weighted by molar-refractivity contribution is 0.00566. The molecule has 0 saturated carbocycles. The van der Waals surface area contributed by atoms with Gasteiger partial charge in [-0.25, -0.2) is 0 Å². The third-order valence-electron chi connectivity index (χ3n) is 2.89. The summed E-state index contributed by atoms with van der Waals surface area (Å²) in [5, 5.41) is 14.2. The molecule has 1 aromatic heterocycles. The molecule has 80 valence electrons. The van der Waals surface area contributed by atoms with E-state index in [0.717, 1.165) is 5.56 Å². The lowest BCUT2D eigenvalue weighted by atomic mass is 9.86. The maximum absolute atomic E-state index is 10.2. The highest BCUT2D eigenvalue weighted by atomic mass is 16.3. The number of nitrogens with two attached hydrogens (primary N) is 1. The molecule has 0 aliphatic carbocycles. The van der Waals surface area contributed by atoms with Gasteiger partial charge in [-0.1, -0.05) is 13.8 Å². The van der Waals surface area contributed by atoms with Crippen LogP contribution < -0.4 is 5.73 Å². The fourth-order valence-corrected chi connectivity index (χ4v) is 1.60. The molecule has 14 heavy (non-hydrogen) atoms. The Hall–Kier alpha value is -0.870. The molecule has 0 bridgehead atoms. The van der Waals surface area contributed by atoms with E-state index >= 15 is 0 Å². The van der Waals surface area contributed by atoms with E-state index in [-0.39, 0.29) is 6.04 Å². The van der Waals surface area contributed by atoms with Crippen LogP contribution >= 0.6 is 0 Å². The summed E-state index contributed by atoms with van der Waals surface area (Å²) >= 11 is 0. The Bertz CT molecular complexity index is 291. The predicted molar refractivity (Wildman–Crippen MR) is 55.7 cm³/mol. The number of aliphatic hydroxyl groups is 1. The number of nitrogens with zero attached hydrogens (tertiary/aromatic N) is 2. The zero-order valence-corrected chi connectivity index (χ0v) is 9.07. The largest absolute Gasteiger partial charge is 0.388 e. The zero-order valence-electron chi connectivity index (χ0n) is 9.07. The second-order valence-electron chi connectivity index (χ2n) is 3.74. The van der Waals surface area contributed by atoms with Gasteiger partial charge in [0.05, 0.1) is 17.8 Å². The Labute approximate surface area is 84.7 Å². The minimum absolute atomic E-state index is 0.355. The molecule has 0 aliphatic rings. The van der Waals surface area contributed by atoms with Gasteiger partial charge in [0.1, 0.15) is 0 Å². The molecule has 1 rings (SSSR count). The Morgan fingerprint density at radius 1 is 1.57 bits per heavy atom. The van der Waals surface area contributed by atoms with Gasteiger partial charge in [0, 0.05) is 18.8 Å². The summed E-state index contributed by atoms with van der Waals surface area (Å²) in [4.78, 5) is 0. The first-order chi connectivity index (χ1) is 6.53. The van der Waals surface area contributed by atoms with E-state index in [9.17, 15) is 5.11 Å². The van der Waals surface area contributed by atoms with Crippen molar-refractivity contribution in [2.24, 2.45) is 12.8 Å². The lowest BCUT2D eigenvalue weighted by Crippen LogP contribution is -2.39. The second-order valence-corrected chi connectivity index (χ2v) is 3.74. The lowest BCUT2D eigenvalue weighted by Gasteiger charge is -2.31. The van der Waals surface area contributed by atoms with Crippen LogP contribution in [0.2, 0.25) is 0 Å². The summed E-state index contributed by atoms with van der Waals surface area (Å²) in [6.07, 6.45) is 4.86. The van der Waals surface area contributed by atoms with Crippen LogP contribution in [0.15, 0.2) is 12.4 Å². The van der Waals surface area contributed by atoms with E-state index in [4.69, 9.17) is 5.73 Å². The molecule has 4 nitrogen and oxygen atoms in total. The number of aromatic nitrogens is 2. The van der Waals surface area contributed by atoms with Crippen molar-refractivity contribution in [1.29, 1.82) is 0 Å². The van der Waals surface area contributed by atoms with E-state index in [1.807, 2.05) is 27.1 Å². The van der Waals surface area contributed by atoms with Crippen molar-refractivity contribution in [2.75, 3.05) is 0 Å². The summed E-state index contributed by atoms with van der Waals surface area (Å²) in [5.74, 6) is 0. The fraction of sp³-hybridized carbons (Fsp3) is 0.700. The summed E-state index contributed by atoms with van der Waals surface area (Å²) < 4.78 is 1.70. The molecule has 0 radical (unpaired) electrons. The molecule has 1 aromatic rings. The Kier molecular flexibility index (Phi) is 3.29. The van der Waals surface area contributed by atoms with Gasteiger partial charge in [-0.05, 0) is 12.8 Å². The van der Waals surface area contributed by atoms with Crippen molar-refractivity contribution >= 4 is 0 Å². The van der Waals surface area contributed by atoms with Crippen molar-refractivity contribution in [3.05, 3.63) is 18.0 Å². The van der Waals surface area contributed by atoms with Crippen LogP contribution in [-0.2, 0) is 7.05 Å². The molecule has 3 N–H and O–H groups in total. The molecule has 4 heteroatoms. The SMILES string of the molecule is CCC(O)(CC)C(N)c1cnn(C)c1. The maximum Gasteiger partial charge on any atom is 0.0835 e. The van der Waals surface area contributed by atoms with Gasteiger partial charge in [0.25, 0.3) is 0 Å². The van der Waals surface area contributed by atoms with E-state index in [2.05, 4.69) is 5.10 Å². The van der Waals surface area contributed by atoms with Gasteiger partial charge in [0.2, 0.25) is 0 Å². The summed E-state index contributed by atoms with van der Waals surface area (Å²) in [5.41, 5.74) is 6.08. The first kappa shape index (κ1) is 11.2. The average Bonchev–Trinajstić information content (AvgIpc) is 2.62. The topological polar surface area (TPSA) is 64.1 Å². The first-order valence-corrected chi connectivity index (χ1v) is 5.00. The van der Waals surface area contributed by atoms with Gasteiger partial charge in [-0.15, -0.1) is 0 Å². The van der Waals surface area contributed by atoms with Crippen LogP contribution in [0.3, 0.4) is 0 Å². The Morgan fingerprint density at radius 2 is 2.14 bits per heavy atom. The van der Waals surface area contributed by atoms with Crippen molar-refractivity contribution in [3.63, 3.8) is 0 Å². The van der Waals surface area contributed by atoms with Gasteiger partial charge >= 0.3 is 0 Å². The summed E-state index contributed by atoms with van der Waals surface area (Å²) in [6, 6.07) is -0.355. The summed E-state index contributed by atoms with van der Waals surface area (Å²) in [6.45, 7) is 3.89. The first-order valence-electron chi connectivity index (χ1n) is 5.00. The van der Waals surface area contributed by atoms with E-state index in [0.29, 0.717) is 12.8 Å². The number of hydrogen-bond acceptors (Lipinski definition) is 3. The van der Waals surface area contributed by atoms with Gasteiger partial charge in [-0.3, -0.25) is 4.68 Å². The molecule has 0 aliphatic heterocycles. The fourth-order valence-electron chi connectivity index (χ4n) is 1.60. The maximum atomic E-state index is 10.2. The predicted octanol–water partition coefficient (Wildman–Crippen LogP) is 0.971. The number of rotatable bonds is 4. The van der Waals surface area contributed by atoms with Crippen LogP contribution in [0, 0.1) is 0 Å². The normalized spacial score (nSPS) is 14.4. The number of hydrogen-bond donors (Lipinski definition) is 2. The Balaban J connectivity index is 2.88. The Morgan fingerprint density at radius 3 is 2.50 bits per heavy atom.